The molecule has 2 unspecified atom stereocenters. The Morgan fingerprint density at radius 1 is 1.29 bits per heavy atom. The number of nitrogens with one attached hydrogen (secondary N) is 1. The van der Waals surface area contributed by atoms with Crippen LogP contribution in [0.3, 0.4) is 0 Å². The molecule has 1 fully saturated rings. The van der Waals surface area contributed by atoms with Crippen LogP contribution in [0.25, 0.3) is 0 Å². The quantitative estimate of drug-likeness (QED) is 0.844. The van der Waals surface area contributed by atoms with Crippen LogP contribution in [0, 0.1) is 5.41 Å². The van der Waals surface area contributed by atoms with Crippen LogP contribution in [0.2, 0.25) is 0 Å². The Labute approximate surface area is 104 Å². The van der Waals surface area contributed by atoms with Gasteiger partial charge < -0.3 is 10.1 Å². The summed E-state index contributed by atoms with van der Waals surface area (Å²) in [5, 5.41) is 3.64. The molecule has 1 N–H and O–H groups in total. The fourth-order valence-corrected chi connectivity index (χ4v) is 2.67. The van der Waals surface area contributed by atoms with E-state index >= 15 is 0 Å². The summed E-state index contributed by atoms with van der Waals surface area (Å²) < 4.78 is 5.46. The Balaban J connectivity index is 1.74. The molecular weight excluding hydrogens is 210 g/mol. The van der Waals surface area contributed by atoms with Gasteiger partial charge in [0.15, 0.2) is 0 Å². The number of rotatable bonds is 5. The molecule has 0 saturated heterocycles. The van der Waals surface area contributed by atoms with Crippen LogP contribution in [0.1, 0.15) is 25.8 Å². The van der Waals surface area contributed by atoms with Gasteiger partial charge in [-0.15, -0.1) is 0 Å². The zero-order valence-electron chi connectivity index (χ0n) is 11.1. The van der Waals surface area contributed by atoms with E-state index in [0.29, 0.717) is 12.1 Å². The van der Waals surface area contributed by atoms with Crippen molar-refractivity contribution >= 4 is 0 Å². The van der Waals surface area contributed by atoms with Gasteiger partial charge in [0.2, 0.25) is 0 Å². The van der Waals surface area contributed by atoms with Crippen molar-refractivity contribution in [3.8, 4) is 0 Å². The van der Waals surface area contributed by atoms with E-state index < -0.39 is 0 Å². The molecule has 94 valence electrons. The van der Waals surface area contributed by atoms with Crippen LogP contribution in [-0.4, -0.2) is 25.8 Å². The van der Waals surface area contributed by atoms with Crippen LogP contribution in [0.4, 0.5) is 0 Å². The van der Waals surface area contributed by atoms with E-state index in [9.17, 15) is 0 Å². The Bertz CT molecular complexity index is 347. The maximum atomic E-state index is 5.46. The average Bonchev–Trinajstić information content (AvgIpc) is 2.34. The second-order valence-corrected chi connectivity index (χ2v) is 5.52. The van der Waals surface area contributed by atoms with Crippen LogP contribution < -0.4 is 5.32 Å². The molecule has 2 atom stereocenters. The van der Waals surface area contributed by atoms with E-state index in [2.05, 4.69) is 49.5 Å². The van der Waals surface area contributed by atoms with Crippen molar-refractivity contribution in [2.24, 2.45) is 5.41 Å². The summed E-state index contributed by atoms with van der Waals surface area (Å²) in [5.41, 5.74) is 1.67. The molecule has 0 heterocycles. The maximum Gasteiger partial charge on any atom is 0.0652 e. The van der Waals surface area contributed by atoms with E-state index in [0.717, 1.165) is 19.4 Å². The molecule has 0 spiro atoms. The topological polar surface area (TPSA) is 21.3 Å². The molecule has 2 nitrogen and oxygen atoms in total. The van der Waals surface area contributed by atoms with Gasteiger partial charge in [0, 0.05) is 18.6 Å². The third-order valence-electron chi connectivity index (χ3n) is 4.11. The summed E-state index contributed by atoms with van der Waals surface area (Å²) in [6, 6.07) is 11.2. The van der Waals surface area contributed by atoms with Gasteiger partial charge in [-0.2, -0.15) is 0 Å². The number of ether oxygens (including phenoxy) is 1. The number of methoxy groups -OCH3 is 1. The lowest BCUT2D eigenvalue weighted by Crippen LogP contribution is -2.60. The molecule has 0 aromatic heterocycles. The summed E-state index contributed by atoms with van der Waals surface area (Å²) in [6.45, 7) is 5.62. The van der Waals surface area contributed by atoms with Crippen LogP contribution in [0.5, 0.6) is 0 Å². The minimum atomic E-state index is 0.269. The molecular formula is C15H23NO. The van der Waals surface area contributed by atoms with E-state index in [1.54, 1.807) is 0 Å². The molecule has 1 aliphatic carbocycles. The summed E-state index contributed by atoms with van der Waals surface area (Å²) in [4.78, 5) is 0. The molecule has 0 radical (unpaired) electrons. The Morgan fingerprint density at radius 3 is 2.59 bits per heavy atom. The number of benzene rings is 1. The molecule has 1 aromatic rings. The summed E-state index contributed by atoms with van der Waals surface area (Å²) in [5.74, 6) is 0. The van der Waals surface area contributed by atoms with Gasteiger partial charge in [-0.25, -0.2) is 0 Å². The normalized spacial score (nSPS) is 26.5. The zero-order chi connectivity index (χ0) is 12.3. The van der Waals surface area contributed by atoms with Crippen molar-refractivity contribution in [3.05, 3.63) is 35.9 Å². The van der Waals surface area contributed by atoms with Gasteiger partial charge in [0.25, 0.3) is 0 Å². The van der Waals surface area contributed by atoms with Crippen molar-refractivity contribution < 1.29 is 4.74 Å². The van der Waals surface area contributed by atoms with Gasteiger partial charge in [-0.1, -0.05) is 44.2 Å². The molecule has 0 aliphatic heterocycles. The van der Waals surface area contributed by atoms with E-state index in [1.807, 2.05) is 7.11 Å². The second kappa shape index (κ2) is 5.19. The highest BCUT2D eigenvalue weighted by Crippen LogP contribution is 2.42. The van der Waals surface area contributed by atoms with Crippen LogP contribution in [-0.2, 0) is 11.2 Å². The van der Waals surface area contributed by atoms with E-state index in [1.165, 1.54) is 5.56 Å². The number of hydrogen-bond acceptors (Lipinski definition) is 2. The second-order valence-electron chi connectivity index (χ2n) is 5.52. The van der Waals surface area contributed by atoms with Gasteiger partial charge in [0.1, 0.15) is 0 Å². The fourth-order valence-electron chi connectivity index (χ4n) is 2.67. The Morgan fingerprint density at radius 2 is 2.00 bits per heavy atom. The summed E-state index contributed by atoms with van der Waals surface area (Å²) in [7, 11) is 1.81. The maximum absolute atomic E-state index is 5.46. The van der Waals surface area contributed by atoms with Gasteiger partial charge >= 0.3 is 0 Å². The molecule has 2 rings (SSSR count). The van der Waals surface area contributed by atoms with Gasteiger partial charge in [-0.3, -0.25) is 0 Å². The van der Waals surface area contributed by atoms with E-state index in [-0.39, 0.29) is 5.41 Å². The van der Waals surface area contributed by atoms with E-state index in [4.69, 9.17) is 4.74 Å². The highest BCUT2D eigenvalue weighted by molar-refractivity contribution is 5.15. The lowest BCUT2D eigenvalue weighted by Gasteiger charge is -2.51. The predicted molar refractivity (Wildman–Crippen MR) is 71.1 cm³/mol. The lowest BCUT2D eigenvalue weighted by molar-refractivity contribution is -0.0971. The lowest BCUT2D eigenvalue weighted by atomic mass is 9.64. The molecule has 2 heteroatoms. The van der Waals surface area contributed by atoms with Gasteiger partial charge in [0.05, 0.1) is 6.10 Å². The molecule has 0 bridgehead atoms. The fraction of sp³-hybridized carbons (Fsp3) is 0.600. The van der Waals surface area contributed by atoms with Crippen molar-refractivity contribution in [3.63, 3.8) is 0 Å². The molecule has 17 heavy (non-hydrogen) atoms. The Kier molecular flexibility index (Phi) is 3.85. The van der Waals surface area contributed by atoms with Crippen molar-refractivity contribution in [1.82, 2.24) is 5.32 Å². The first-order valence-electron chi connectivity index (χ1n) is 6.44. The average molecular weight is 233 g/mol. The van der Waals surface area contributed by atoms with Crippen LogP contribution in [0.15, 0.2) is 30.3 Å². The van der Waals surface area contributed by atoms with Crippen molar-refractivity contribution in [2.75, 3.05) is 13.7 Å². The standard InChI is InChI=1S/C15H23NO/c1-15(2)13(11-14(15)17-3)16-10-9-12-7-5-4-6-8-12/h4-8,13-14,16H,9-11H2,1-3H3. The van der Waals surface area contributed by atoms with Crippen molar-refractivity contribution in [2.45, 2.75) is 38.8 Å². The predicted octanol–water partition coefficient (Wildman–Crippen LogP) is 2.63. The van der Waals surface area contributed by atoms with Gasteiger partial charge in [-0.05, 0) is 24.9 Å². The SMILES string of the molecule is COC1CC(NCCc2ccccc2)C1(C)C. The first-order chi connectivity index (χ1) is 8.14. The molecule has 0 amide bonds. The monoisotopic (exact) mass is 233 g/mol. The molecule has 1 saturated carbocycles. The third kappa shape index (κ3) is 2.70. The highest BCUT2D eigenvalue weighted by atomic mass is 16.5. The first-order valence-corrected chi connectivity index (χ1v) is 6.44. The smallest absolute Gasteiger partial charge is 0.0652 e. The summed E-state index contributed by atoms with van der Waals surface area (Å²) >= 11 is 0. The summed E-state index contributed by atoms with van der Waals surface area (Å²) in [6.07, 6.45) is 2.65. The zero-order valence-corrected chi connectivity index (χ0v) is 11.1. The van der Waals surface area contributed by atoms with Crippen molar-refractivity contribution in [1.29, 1.82) is 0 Å². The minimum absolute atomic E-state index is 0.269. The first kappa shape index (κ1) is 12.6. The third-order valence-corrected chi connectivity index (χ3v) is 4.11. The van der Waals surface area contributed by atoms with Crippen LogP contribution >= 0.6 is 0 Å². The molecule has 1 aliphatic rings. The Hall–Kier alpha value is -0.860. The largest absolute Gasteiger partial charge is 0.381 e. The highest BCUT2D eigenvalue weighted by Gasteiger charge is 2.47. The number of hydrogen-bond donors (Lipinski definition) is 1. The molecule has 1 aromatic carbocycles. The minimum Gasteiger partial charge on any atom is -0.381 e.